The molecular formula is C17H20N4O3S2. The molecule has 9 heteroatoms. The topological polar surface area (TPSA) is 101 Å². The highest BCUT2D eigenvalue weighted by Crippen LogP contribution is 2.42. The van der Waals surface area contributed by atoms with E-state index in [0.29, 0.717) is 11.0 Å². The number of anilines is 1. The summed E-state index contributed by atoms with van der Waals surface area (Å²) in [5.74, 6) is 0.204. The molecular weight excluding hydrogens is 372 g/mol. The smallest absolute Gasteiger partial charge is 0.250 e. The maximum absolute atomic E-state index is 12.1. The molecule has 0 atom stereocenters. The van der Waals surface area contributed by atoms with Gasteiger partial charge in [0.05, 0.1) is 4.90 Å². The second kappa shape index (κ2) is 7.65. The average Bonchev–Trinajstić information content (AvgIpc) is 3.32. The van der Waals surface area contributed by atoms with Gasteiger partial charge in [0.25, 0.3) is 0 Å². The Morgan fingerprint density at radius 1 is 1.23 bits per heavy atom. The number of carbonyl (C=O) groups excluding carboxylic acids is 1. The van der Waals surface area contributed by atoms with Crippen LogP contribution in [-0.4, -0.2) is 30.6 Å². The third-order valence-electron chi connectivity index (χ3n) is 3.61. The third-order valence-corrected chi connectivity index (χ3v) is 6.28. The zero-order chi connectivity index (χ0) is 18.7. The van der Waals surface area contributed by atoms with E-state index in [1.165, 1.54) is 29.5 Å². The summed E-state index contributed by atoms with van der Waals surface area (Å²) in [5, 5.41) is 12.2. The molecule has 26 heavy (non-hydrogen) atoms. The first-order chi connectivity index (χ1) is 12.3. The Labute approximate surface area is 156 Å². The molecule has 0 unspecified atom stereocenters. The van der Waals surface area contributed by atoms with Crippen molar-refractivity contribution >= 4 is 38.5 Å². The van der Waals surface area contributed by atoms with Gasteiger partial charge in [-0.15, -0.1) is 10.2 Å². The molecule has 1 aromatic carbocycles. The van der Waals surface area contributed by atoms with E-state index in [0.717, 1.165) is 23.4 Å². The van der Waals surface area contributed by atoms with Crippen molar-refractivity contribution < 1.29 is 13.2 Å². The van der Waals surface area contributed by atoms with E-state index in [1.807, 2.05) is 0 Å². The van der Waals surface area contributed by atoms with Crippen LogP contribution in [0.4, 0.5) is 5.13 Å². The van der Waals surface area contributed by atoms with E-state index in [9.17, 15) is 13.2 Å². The third kappa shape index (κ3) is 4.96. The zero-order valence-electron chi connectivity index (χ0n) is 14.5. The van der Waals surface area contributed by atoms with E-state index in [-0.39, 0.29) is 16.8 Å². The minimum absolute atomic E-state index is 0.177. The minimum atomic E-state index is -3.52. The highest BCUT2D eigenvalue weighted by Gasteiger charge is 2.27. The lowest BCUT2D eigenvalue weighted by molar-refractivity contribution is -0.111. The van der Waals surface area contributed by atoms with Crippen LogP contribution in [0.25, 0.3) is 6.08 Å². The van der Waals surface area contributed by atoms with E-state index >= 15 is 0 Å². The fourth-order valence-corrected chi connectivity index (χ4v) is 4.40. The van der Waals surface area contributed by atoms with Crippen LogP contribution >= 0.6 is 11.3 Å². The van der Waals surface area contributed by atoms with E-state index in [2.05, 4.69) is 20.2 Å². The maximum Gasteiger partial charge on any atom is 0.250 e. The van der Waals surface area contributed by atoms with Gasteiger partial charge in [0.15, 0.2) is 0 Å². The van der Waals surface area contributed by atoms with Crippen LogP contribution in [0, 0.1) is 0 Å². The monoisotopic (exact) mass is 392 g/mol. The van der Waals surface area contributed by atoms with Gasteiger partial charge in [-0.05, 0) is 50.5 Å². The van der Waals surface area contributed by atoms with Gasteiger partial charge in [0.2, 0.25) is 21.1 Å². The number of amides is 1. The second-order valence-corrected chi connectivity index (χ2v) is 9.11. The summed E-state index contributed by atoms with van der Waals surface area (Å²) in [7, 11) is -3.52. The van der Waals surface area contributed by atoms with Crippen LogP contribution in [0.15, 0.2) is 35.2 Å². The van der Waals surface area contributed by atoms with Crippen molar-refractivity contribution in [3.8, 4) is 0 Å². The number of carbonyl (C=O) groups is 1. The van der Waals surface area contributed by atoms with Crippen LogP contribution in [0.5, 0.6) is 0 Å². The number of hydrogen-bond donors (Lipinski definition) is 2. The number of nitrogens with zero attached hydrogens (tertiary/aromatic N) is 2. The van der Waals surface area contributed by atoms with Gasteiger partial charge >= 0.3 is 0 Å². The standard InChI is InChI=1S/C17H20N4O3S2/c1-11(2)21-26(23,24)14-8-3-12(4-9-14)5-10-15(22)18-17-20-19-16(25-17)13-6-7-13/h3-5,8-11,13,21H,6-7H2,1-2H3,(H,18,20,22). The summed E-state index contributed by atoms with van der Waals surface area (Å²) in [5.41, 5.74) is 0.722. The Bertz CT molecular complexity index is 914. The van der Waals surface area contributed by atoms with Gasteiger partial charge in [-0.25, -0.2) is 13.1 Å². The molecule has 0 saturated heterocycles. The Hall–Kier alpha value is -2.10. The predicted molar refractivity (Wildman–Crippen MR) is 101 cm³/mol. The van der Waals surface area contributed by atoms with Gasteiger partial charge in [-0.3, -0.25) is 10.1 Å². The zero-order valence-corrected chi connectivity index (χ0v) is 16.1. The molecule has 0 spiro atoms. The molecule has 1 aliphatic carbocycles. The van der Waals surface area contributed by atoms with E-state index < -0.39 is 10.0 Å². The number of nitrogens with one attached hydrogen (secondary N) is 2. The van der Waals surface area contributed by atoms with Gasteiger partial charge in [0.1, 0.15) is 5.01 Å². The van der Waals surface area contributed by atoms with Crippen molar-refractivity contribution in [2.75, 3.05) is 5.32 Å². The number of rotatable bonds is 7. The number of hydrogen-bond acceptors (Lipinski definition) is 6. The summed E-state index contributed by atoms with van der Waals surface area (Å²) in [6, 6.07) is 6.14. The summed E-state index contributed by atoms with van der Waals surface area (Å²) < 4.78 is 26.7. The first-order valence-corrected chi connectivity index (χ1v) is 10.6. The van der Waals surface area contributed by atoms with E-state index in [1.54, 1.807) is 32.1 Å². The molecule has 0 bridgehead atoms. The van der Waals surface area contributed by atoms with Gasteiger partial charge < -0.3 is 0 Å². The molecule has 7 nitrogen and oxygen atoms in total. The van der Waals surface area contributed by atoms with Crippen molar-refractivity contribution in [3.63, 3.8) is 0 Å². The molecule has 1 heterocycles. The van der Waals surface area contributed by atoms with Crippen LogP contribution < -0.4 is 10.0 Å². The Balaban J connectivity index is 1.59. The number of aromatic nitrogens is 2. The molecule has 0 radical (unpaired) electrons. The average molecular weight is 393 g/mol. The highest BCUT2D eigenvalue weighted by molar-refractivity contribution is 7.89. The molecule has 1 saturated carbocycles. The molecule has 1 aromatic heterocycles. The molecule has 1 aliphatic rings. The molecule has 2 N–H and O–H groups in total. The van der Waals surface area contributed by atoms with Crippen LogP contribution in [0.2, 0.25) is 0 Å². The fraction of sp³-hybridized carbons (Fsp3) is 0.353. The maximum atomic E-state index is 12.1. The Morgan fingerprint density at radius 2 is 1.92 bits per heavy atom. The SMILES string of the molecule is CC(C)NS(=O)(=O)c1ccc(C=CC(=O)Nc2nnc(C3CC3)s2)cc1. The lowest BCUT2D eigenvalue weighted by Crippen LogP contribution is -2.30. The second-order valence-electron chi connectivity index (χ2n) is 6.39. The van der Waals surface area contributed by atoms with Crippen molar-refractivity contribution in [2.24, 2.45) is 0 Å². The molecule has 3 rings (SSSR count). The lowest BCUT2D eigenvalue weighted by Gasteiger charge is -2.09. The van der Waals surface area contributed by atoms with Gasteiger partial charge in [-0.1, -0.05) is 23.5 Å². The molecule has 2 aromatic rings. The summed E-state index contributed by atoms with van der Waals surface area (Å²) in [6.07, 6.45) is 5.28. The lowest BCUT2D eigenvalue weighted by atomic mass is 10.2. The number of sulfonamides is 1. The van der Waals surface area contributed by atoms with Crippen molar-refractivity contribution in [1.29, 1.82) is 0 Å². The first-order valence-electron chi connectivity index (χ1n) is 8.28. The van der Waals surface area contributed by atoms with Crippen molar-refractivity contribution in [2.45, 2.75) is 43.5 Å². The van der Waals surface area contributed by atoms with Gasteiger partial charge in [-0.2, -0.15) is 0 Å². The predicted octanol–water partition coefficient (Wildman–Crippen LogP) is 2.75. The Kier molecular flexibility index (Phi) is 5.49. The molecule has 138 valence electrons. The van der Waals surface area contributed by atoms with Crippen molar-refractivity contribution in [3.05, 3.63) is 40.9 Å². The van der Waals surface area contributed by atoms with Crippen molar-refractivity contribution in [1.82, 2.24) is 14.9 Å². The highest BCUT2D eigenvalue weighted by atomic mass is 32.2. The van der Waals surface area contributed by atoms with Crippen LogP contribution in [-0.2, 0) is 14.8 Å². The number of benzene rings is 1. The fourth-order valence-electron chi connectivity index (χ4n) is 2.24. The Morgan fingerprint density at radius 3 is 2.54 bits per heavy atom. The largest absolute Gasteiger partial charge is 0.297 e. The molecule has 1 fully saturated rings. The molecule has 1 amide bonds. The quantitative estimate of drug-likeness (QED) is 0.706. The van der Waals surface area contributed by atoms with Crippen LogP contribution in [0.3, 0.4) is 0 Å². The first kappa shape index (κ1) is 18.7. The minimum Gasteiger partial charge on any atom is -0.297 e. The summed E-state index contributed by atoms with van der Waals surface area (Å²) in [4.78, 5) is 12.2. The normalized spacial score (nSPS) is 14.9. The van der Waals surface area contributed by atoms with Gasteiger partial charge in [0, 0.05) is 18.0 Å². The van der Waals surface area contributed by atoms with Crippen LogP contribution in [0.1, 0.15) is 43.2 Å². The van der Waals surface area contributed by atoms with E-state index in [4.69, 9.17) is 0 Å². The summed E-state index contributed by atoms with van der Waals surface area (Å²) in [6.45, 7) is 3.53. The molecule has 0 aliphatic heterocycles. The summed E-state index contributed by atoms with van der Waals surface area (Å²) >= 11 is 1.40.